The van der Waals surface area contributed by atoms with Crippen LogP contribution in [-0.2, 0) is 7.05 Å². The Morgan fingerprint density at radius 2 is 2.05 bits per heavy atom. The predicted molar refractivity (Wildman–Crippen MR) is 87.2 cm³/mol. The van der Waals surface area contributed by atoms with Gasteiger partial charge in [-0.2, -0.15) is 0 Å². The summed E-state index contributed by atoms with van der Waals surface area (Å²) in [6.07, 6.45) is 5.91. The average Bonchev–Trinajstić information content (AvgIpc) is 2.81. The van der Waals surface area contributed by atoms with Crippen LogP contribution in [0, 0.1) is 17.8 Å². The highest BCUT2D eigenvalue weighted by Gasteiger charge is 2.34. The van der Waals surface area contributed by atoms with Gasteiger partial charge < -0.3 is 5.32 Å². The number of aryl methyl sites for hydroxylation is 1. The first-order valence-electron chi connectivity index (χ1n) is 8.37. The smallest absolute Gasteiger partial charge is 0.0728 e. The maximum absolute atomic E-state index is 4.15. The molecule has 3 unspecified atom stereocenters. The lowest BCUT2D eigenvalue weighted by Gasteiger charge is -2.39. The van der Waals surface area contributed by atoms with Gasteiger partial charge in [0.25, 0.3) is 0 Å². The van der Waals surface area contributed by atoms with E-state index >= 15 is 0 Å². The molecule has 1 heterocycles. The molecule has 2 rings (SSSR count). The van der Waals surface area contributed by atoms with Crippen molar-refractivity contribution >= 4 is 0 Å². The Balaban J connectivity index is 2.13. The van der Waals surface area contributed by atoms with Crippen molar-refractivity contribution in [3.63, 3.8) is 0 Å². The lowest BCUT2D eigenvalue weighted by molar-refractivity contribution is 0.178. The van der Waals surface area contributed by atoms with Gasteiger partial charge in [0.05, 0.1) is 11.9 Å². The third-order valence-electron chi connectivity index (χ3n) is 5.00. The molecule has 21 heavy (non-hydrogen) atoms. The van der Waals surface area contributed by atoms with Crippen LogP contribution in [0.3, 0.4) is 0 Å². The van der Waals surface area contributed by atoms with Gasteiger partial charge in [-0.1, -0.05) is 19.1 Å². The van der Waals surface area contributed by atoms with Crippen LogP contribution in [0.4, 0.5) is 0 Å². The molecule has 1 aliphatic carbocycles. The molecular formula is C17H32N4. The van der Waals surface area contributed by atoms with E-state index in [2.05, 4.69) is 50.2 Å². The van der Waals surface area contributed by atoms with Crippen molar-refractivity contribution < 1.29 is 0 Å². The Bertz CT molecular complexity index is 444. The molecule has 1 fully saturated rings. The summed E-state index contributed by atoms with van der Waals surface area (Å²) in [5.41, 5.74) is 1.49. The molecular weight excluding hydrogens is 260 g/mol. The highest BCUT2D eigenvalue weighted by molar-refractivity contribution is 5.08. The van der Waals surface area contributed by atoms with Gasteiger partial charge in [0.2, 0.25) is 0 Å². The highest BCUT2D eigenvalue weighted by Crippen LogP contribution is 2.42. The minimum absolute atomic E-state index is 0.185. The summed E-state index contributed by atoms with van der Waals surface area (Å²) in [7, 11) is 2.02. The predicted octanol–water partition coefficient (Wildman–Crippen LogP) is 3.36. The summed E-state index contributed by atoms with van der Waals surface area (Å²) in [5.74, 6) is 2.87. The summed E-state index contributed by atoms with van der Waals surface area (Å²) < 4.78 is 1.97. The van der Waals surface area contributed by atoms with Gasteiger partial charge in [-0.25, -0.2) is 0 Å². The minimum Gasteiger partial charge on any atom is -0.312 e. The second-order valence-corrected chi connectivity index (χ2v) is 8.10. The Hall–Kier alpha value is -0.900. The van der Waals surface area contributed by atoms with Crippen molar-refractivity contribution in [1.82, 2.24) is 20.3 Å². The molecule has 120 valence electrons. The fraction of sp³-hybridized carbons (Fsp3) is 0.882. The van der Waals surface area contributed by atoms with Crippen molar-refractivity contribution in [2.24, 2.45) is 24.8 Å². The quantitative estimate of drug-likeness (QED) is 0.925. The molecule has 1 saturated carbocycles. The lowest BCUT2D eigenvalue weighted by Crippen LogP contribution is -2.42. The standard InChI is InChI=1S/C17H32N4/c1-12(2)13-7-8-14(10-18-17(3,4)5)15(9-13)16-11-19-20-21(16)6/h11-15,18H,7-10H2,1-6H3. The van der Waals surface area contributed by atoms with Gasteiger partial charge in [0, 0.05) is 18.5 Å². The highest BCUT2D eigenvalue weighted by atomic mass is 15.4. The number of nitrogens with one attached hydrogen (secondary N) is 1. The van der Waals surface area contributed by atoms with Crippen LogP contribution < -0.4 is 5.32 Å². The monoisotopic (exact) mass is 292 g/mol. The zero-order chi connectivity index (χ0) is 15.6. The van der Waals surface area contributed by atoms with E-state index in [0.717, 1.165) is 18.4 Å². The zero-order valence-electron chi connectivity index (χ0n) is 14.6. The summed E-state index contributed by atoms with van der Waals surface area (Å²) >= 11 is 0. The van der Waals surface area contributed by atoms with E-state index in [-0.39, 0.29) is 5.54 Å². The van der Waals surface area contributed by atoms with Crippen LogP contribution in [0.5, 0.6) is 0 Å². The SMILES string of the molecule is CC(C)C1CCC(CNC(C)(C)C)C(c2cnnn2C)C1. The van der Waals surface area contributed by atoms with Crippen molar-refractivity contribution in [3.8, 4) is 0 Å². The minimum atomic E-state index is 0.185. The van der Waals surface area contributed by atoms with Crippen LogP contribution in [-0.4, -0.2) is 27.1 Å². The van der Waals surface area contributed by atoms with Gasteiger partial charge in [-0.3, -0.25) is 4.68 Å². The summed E-state index contributed by atoms with van der Waals surface area (Å²) in [4.78, 5) is 0. The zero-order valence-corrected chi connectivity index (χ0v) is 14.6. The van der Waals surface area contributed by atoms with Crippen molar-refractivity contribution in [3.05, 3.63) is 11.9 Å². The van der Waals surface area contributed by atoms with E-state index in [0.29, 0.717) is 11.8 Å². The third-order valence-corrected chi connectivity index (χ3v) is 5.00. The molecule has 1 aliphatic rings. The van der Waals surface area contributed by atoms with E-state index in [1.807, 2.05) is 17.9 Å². The Morgan fingerprint density at radius 1 is 1.33 bits per heavy atom. The fourth-order valence-electron chi connectivity index (χ4n) is 3.55. The molecule has 1 N–H and O–H groups in total. The van der Waals surface area contributed by atoms with Gasteiger partial charge in [0.15, 0.2) is 0 Å². The van der Waals surface area contributed by atoms with E-state index in [1.54, 1.807) is 0 Å². The lowest BCUT2D eigenvalue weighted by atomic mass is 9.69. The first kappa shape index (κ1) is 16.5. The topological polar surface area (TPSA) is 42.7 Å². The molecule has 1 aromatic heterocycles. The first-order valence-corrected chi connectivity index (χ1v) is 8.37. The van der Waals surface area contributed by atoms with Gasteiger partial charge in [0.1, 0.15) is 0 Å². The number of aromatic nitrogens is 3. The number of rotatable bonds is 4. The maximum Gasteiger partial charge on any atom is 0.0728 e. The van der Waals surface area contributed by atoms with E-state index in [4.69, 9.17) is 0 Å². The van der Waals surface area contributed by atoms with Gasteiger partial charge >= 0.3 is 0 Å². The van der Waals surface area contributed by atoms with E-state index < -0.39 is 0 Å². The number of nitrogens with zero attached hydrogens (tertiary/aromatic N) is 3. The second kappa shape index (κ2) is 6.47. The van der Waals surface area contributed by atoms with Crippen LogP contribution in [0.25, 0.3) is 0 Å². The Labute approximate surface area is 129 Å². The van der Waals surface area contributed by atoms with Crippen molar-refractivity contribution in [1.29, 1.82) is 0 Å². The third kappa shape index (κ3) is 4.29. The molecule has 0 radical (unpaired) electrons. The molecule has 0 amide bonds. The summed E-state index contributed by atoms with van der Waals surface area (Å²) in [6.45, 7) is 12.5. The van der Waals surface area contributed by atoms with Crippen LogP contribution in [0.1, 0.15) is 65.5 Å². The van der Waals surface area contributed by atoms with Crippen molar-refractivity contribution in [2.45, 2.75) is 65.3 Å². The number of hydrogen-bond donors (Lipinski definition) is 1. The molecule has 4 nitrogen and oxygen atoms in total. The van der Waals surface area contributed by atoms with Crippen LogP contribution >= 0.6 is 0 Å². The van der Waals surface area contributed by atoms with E-state index in [9.17, 15) is 0 Å². The molecule has 0 saturated heterocycles. The summed E-state index contributed by atoms with van der Waals surface area (Å²) in [5, 5.41) is 12.0. The molecule has 0 aromatic carbocycles. The second-order valence-electron chi connectivity index (χ2n) is 8.10. The summed E-state index contributed by atoms with van der Waals surface area (Å²) in [6, 6.07) is 0. The molecule has 1 aromatic rings. The molecule has 0 aliphatic heterocycles. The Kier molecular flexibility index (Phi) is 5.07. The molecule has 0 bridgehead atoms. The largest absolute Gasteiger partial charge is 0.312 e. The van der Waals surface area contributed by atoms with E-state index in [1.165, 1.54) is 25.0 Å². The van der Waals surface area contributed by atoms with Gasteiger partial charge in [-0.15, -0.1) is 5.10 Å². The van der Waals surface area contributed by atoms with Gasteiger partial charge in [-0.05, 0) is 64.3 Å². The molecule has 0 spiro atoms. The maximum atomic E-state index is 4.15. The van der Waals surface area contributed by atoms with Crippen molar-refractivity contribution in [2.75, 3.05) is 6.54 Å². The molecule has 4 heteroatoms. The average molecular weight is 292 g/mol. The normalized spacial score (nSPS) is 27.3. The Morgan fingerprint density at radius 3 is 2.57 bits per heavy atom. The van der Waals surface area contributed by atoms with Crippen LogP contribution in [0.15, 0.2) is 6.20 Å². The number of hydrogen-bond acceptors (Lipinski definition) is 3. The first-order chi connectivity index (χ1) is 9.78. The van der Waals surface area contributed by atoms with Crippen LogP contribution in [0.2, 0.25) is 0 Å². The molecule has 3 atom stereocenters. The fourth-order valence-corrected chi connectivity index (χ4v) is 3.55.